The summed E-state index contributed by atoms with van der Waals surface area (Å²) < 4.78 is 4.93. The van der Waals surface area contributed by atoms with Crippen molar-refractivity contribution in [3.8, 4) is 0 Å². The maximum Gasteiger partial charge on any atom is 0.234 e. The summed E-state index contributed by atoms with van der Waals surface area (Å²) in [4.78, 5) is 11.9. The van der Waals surface area contributed by atoms with E-state index >= 15 is 0 Å². The zero-order chi connectivity index (χ0) is 13.5. The summed E-state index contributed by atoms with van der Waals surface area (Å²) >= 11 is 0. The molecule has 1 atom stereocenters. The van der Waals surface area contributed by atoms with Gasteiger partial charge in [-0.2, -0.15) is 0 Å². The molecule has 2 rings (SSSR count). The molecule has 1 aromatic rings. The molecule has 104 valence electrons. The van der Waals surface area contributed by atoms with E-state index in [0.29, 0.717) is 19.7 Å². The summed E-state index contributed by atoms with van der Waals surface area (Å²) in [5.74, 6) is 0.0535. The van der Waals surface area contributed by atoms with Crippen LogP contribution in [0.2, 0.25) is 0 Å². The smallest absolute Gasteiger partial charge is 0.234 e. The number of carbonyl (C=O) groups excluding carboxylic acids is 1. The fourth-order valence-electron chi connectivity index (χ4n) is 2.53. The minimum absolute atomic E-state index is 0.0535. The monoisotopic (exact) mass is 262 g/mol. The SMILES string of the molecule is COCCNCC(=O)N[C@H]1CCCc2ccccc21. The third-order valence-corrected chi connectivity index (χ3v) is 3.47. The van der Waals surface area contributed by atoms with Crippen LogP contribution in [0.5, 0.6) is 0 Å². The highest BCUT2D eigenvalue weighted by Gasteiger charge is 2.20. The van der Waals surface area contributed by atoms with Crippen molar-refractivity contribution in [2.45, 2.75) is 25.3 Å². The summed E-state index contributed by atoms with van der Waals surface area (Å²) in [7, 11) is 1.65. The number of carbonyl (C=O) groups is 1. The van der Waals surface area contributed by atoms with E-state index in [4.69, 9.17) is 4.74 Å². The number of hydrogen-bond acceptors (Lipinski definition) is 3. The van der Waals surface area contributed by atoms with Crippen molar-refractivity contribution in [3.05, 3.63) is 35.4 Å². The average molecular weight is 262 g/mol. The molecular weight excluding hydrogens is 240 g/mol. The Morgan fingerprint density at radius 3 is 3.11 bits per heavy atom. The van der Waals surface area contributed by atoms with Crippen LogP contribution in [0.1, 0.15) is 30.0 Å². The average Bonchev–Trinajstić information content (AvgIpc) is 2.44. The lowest BCUT2D eigenvalue weighted by atomic mass is 9.88. The van der Waals surface area contributed by atoms with Gasteiger partial charge in [-0.25, -0.2) is 0 Å². The van der Waals surface area contributed by atoms with Gasteiger partial charge >= 0.3 is 0 Å². The first kappa shape index (κ1) is 14.0. The van der Waals surface area contributed by atoms with Crippen molar-refractivity contribution in [2.24, 2.45) is 0 Å². The molecule has 0 saturated carbocycles. The summed E-state index contributed by atoms with van der Waals surface area (Å²) in [5, 5.41) is 6.17. The van der Waals surface area contributed by atoms with E-state index in [0.717, 1.165) is 19.3 Å². The maximum atomic E-state index is 11.9. The lowest BCUT2D eigenvalue weighted by Gasteiger charge is -2.26. The third-order valence-electron chi connectivity index (χ3n) is 3.47. The Labute approximate surface area is 114 Å². The molecule has 0 aromatic heterocycles. The molecule has 0 saturated heterocycles. The van der Waals surface area contributed by atoms with Crippen LogP contribution >= 0.6 is 0 Å². The highest BCUT2D eigenvalue weighted by molar-refractivity contribution is 5.78. The minimum atomic E-state index is 0.0535. The number of amides is 1. The lowest BCUT2D eigenvalue weighted by Crippen LogP contribution is -2.38. The molecule has 0 fully saturated rings. The topological polar surface area (TPSA) is 50.4 Å². The van der Waals surface area contributed by atoms with Gasteiger partial charge in [-0.1, -0.05) is 24.3 Å². The van der Waals surface area contributed by atoms with Crippen molar-refractivity contribution < 1.29 is 9.53 Å². The number of methoxy groups -OCH3 is 1. The van der Waals surface area contributed by atoms with Crippen molar-refractivity contribution in [1.82, 2.24) is 10.6 Å². The van der Waals surface area contributed by atoms with Crippen LogP contribution in [0.25, 0.3) is 0 Å². The van der Waals surface area contributed by atoms with Gasteiger partial charge in [0.1, 0.15) is 0 Å². The largest absolute Gasteiger partial charge is 0.383 e. The number of rotatable bonds is 6. The zero-order valence-electron chi connectivity index (χ0n) is 11.4. The Morgan fingerprint density at radius 2 is 2.26 bits per heavy atom. The normalized spacial score (nSPS) is 17.8. The Balaban J connectivity index is 1.85. The zero-order valence-corrected chi connectivity index (χ0v) is 11.4. The summed E-state index contributed by atoms with van der Waals surface area (Å²) in [5.41, 5.74) is 2.64. The Hall–Kier alpha value is -1.39. The predicted octanol–water partition coefficient (Wildman–Crippen LogP) is 1.42. The summed E-state index contributed by atoms with van der Waals surface area (Å²) in [6.07, 6.45) is 3.29. The third kappa shape index (κ3) is 4.04. The summed E-state index contributed by atoms with van der Waals surface area (Å²) in [6, 6.07) is 8.55. The quantitative estimate of drug-likeness (QED) is 0.762. The van der Waals surface area contributed by atoms with E-state index < -0.39 is 0 Å². The van der Waals surface area contributed by atoms with Gasteiger partial charge in [-0.3, -0.25) is 4.79 Å². The van der Waals surface area contributed by atoms with Crippen LogP contribution in [0.15, 0.2) is 24.3 Å². The number of ether oxygens (including phenoxy) is 1. The van der Waals surface area contributed by atoms with Gasteiger partial charge in [0, 0.05) is 13.7 Å². The Morgan fingerprint density at radius 1 is 1.42 bits per heavy atom. The van der Waals surface area contributed by atoms with Gasteiger partial charge in [-0.05, 0) is 30.4 Å². The molecule has 0 bridgehead atoms. The van der Waals surface area contributed by atoms with Crippen LogP contribution < -0.4 is 10.6 Å². The van der Waals surface area contributed by atoms with Crippen molar-refractivity contribution >= 4 is 5.91 Å². The number of hydrogen-bond donors (Lipinski definition) is 2. The van der Waals surface area contributed by atoms with Crippen molar-refractivity contribution in [2.75, 3.05) is 26.8 Å². The molecule has 0 heterocycles. The molecule has 0 spiro atoms. The van der Waals surface area contributed by atoms with Gasteiger partial charge in [0.15, 0.2) is 0 Å². The second-order valence-electron chi connectivity index (χ2n) is 4.88. The maximum absolute atomic E-state index is 11.9. The highest BCUT2D eigenvalue weighted by atomic mass is 16.5. The van der Waals surface area contributed by atoms with Crippen molar-refractivity contribution in [3.63, 3.8) is 0 Å². The fourth-order valence-corrected chi connectivity index (χ4v) is 2.53. The number of aryl methyl sites for hydroxylation is 1. The first-order valence-corrected chi connectivity index (χ1v) is 6.88. The molecule has 1 amide bonds. The van der Waals surface area contributed by atoms with E-state index in [2.05, 4.69) is 28.8 Å². The lowest BCUT2D eigenvalue weighted by molar-refractivity contribution is -0.121. The van der Waals surface area contributed by atoms with E-state index in [-0.39, 0.29) is 11.9 Å². The molecule has 1 aliphatic rings. The van der Waals surface area contributed by atoms with Crippen LogP contribution in [0.4, 0.5) is 0 Å². The van der Waals surface area contributed by atoms with Gasteiger partial charge in [0.25, 0.3) is 0 Å². The Kier molecular flexibility index (Phi) is 5.36. The van der Waals surface area contributed by atoms with Gasteiger partial charge in [0.2, 0.25) is 5.91 Å². The van der Waals surface area contributed by atoms with Crippen molar-refractivity contribution in [1.29, 1.82) is 0 Å². The second-order valence-corrected chi connectivity index (χ2v) is 4.88. The van der Waals surface area contributed by atoms with Crippen LogP contribution in [-0.2, 0) is 16.0 Å². The standard InChI is InChI=1S/C15H22N2O2/c1-19-10-9-16-11-15(18)17-14-8-4-6-12-5-2-3-7-13(12)14/h2-3,5,7,14,16H,4,6,8-11H2,1H3,(H,17,18)/t14-/m0/s1. The minimum Gasteiger partial charge on any atom is -0.383 e. The van der Waals surface area contributed by atoms with Crippen LogP contribution in [0.3, 0.4) is 0 Å². The van der Waals surface area contributed by atoms with Crippen LogP contribution in [-0.4, -0.2) is 32.7 Å². The van der Waals surface area contributed by atoms with E-state index in [1.165, 1.54) is 11.1 Å². The first-order chi connectivity index (χ1) is 9.31. The van der Waals surface area contributed by atoms with Crippen LogP contribution in [0, 0.1) is 0 Å². The molecular formula is C15H22N2O2. The van der Waals surface area contributed by atoms with Gasteiger partial charge in [0.05, 0.1) is 19.2 Å². The number of nitrogens with one attached hydrogen (secondary N) is 2. The molecule has 19 heavy (non-hydrogen) atoms. The second kappa shape index (κ2) is 7.26. The van der Waals surface area contributed by atoms with E-state index in [9.17, 15) is 4.79 Å². The molecule has 0 aliphatic heterocycles. The highest BCUT2D eigenvalue weighted by Crippen LogP contribution is 2.29. The number of benzene rings is 1. The Bertz CT molecular complexity index is 420. The van der Waals surface area contributed by atoms with E-state index in [1.807, 2.05) is 6.07 Å². The molecule has 1 aromatic carbocycles. The van der Waals surface area contributed by atoms with E-state index in [1.54, 1.807) is 7.11 Å². The van der Waals surface area contributed by atoms with Gasteiger partial charge < -0.3 is 15.4 Å². The number of fused-ring (bicyclic) bond motifs is 1. The molecule has 0 radical (unpaired) electrons. The predicted molar refractivity (Wildman–Crippen MR) is 75.0 cm³/mol. The van der Waals surface area contributed by atoms with Gasteiger partial charge in [-0.15, -0.1) is 0 Å². The molecule has 4 heteroatoms. The summed E-state index contributed by atoms with van der Waals surface area (Å²) in [6.45, 7) is 1.67. The molecule has 2 N–H and O–H groups in total. The first-order valence-electron chi connectivity index (χ1n) is 6.88. The fraction of sp³-hybridized carbons (Fsp3) is 0.533. The molecule has 4 nitrogen and oxygen atoms in total. The molecule has 1 aliphatic carbocycles. The molecule has 0 unspecified atom stereocenters.